The van der Waals surface area contributed by atoms with Gasteiger partial charge in [-0.05, 0) is 48.9 Å². The van der Waals surface area contributed by atoms with Crippen molar-refractivity contribution in [3.63, 3.8) is 0 Å². The summed E-state index contributed by atoms with van der Waals surface area (Å²) in [6.45, 7) is 3.58. The van der Waals surface area contributed by atoms with Gasteiger partial charge >= 0.3 is 0 Å². The van der Waals surface area contributed by atoms with Crippen LogP contribution >= 0.6 is 0 Å². The minimum Gasteiger partial charge on any atom is -0.497 e. The third kappa shape index (κ3) is 3.29. The quantitative estimate of drug-likeness (QED) is 0.738. The monoisotopic (exact) mass is 378 g/mol. The van der Waals surface area contributed by atoms with E-state index in [9.17, 15) is 4.79 Å². The Morgan fingerprint density at radius 1 is 1.07 bits per heavy atom. The molecule has 0 saturated heterocycles. The maximum absolute atomic E-state index is 11.9. The Hall–Kier alpha value is -3.41. The molecule has 6 nitrogen and oxygen atoms in total. The van der Waals surface area contributed by atoms with E-state index < -0.39 is 5.91 Å². The molecule has 1 aliphatic rings. The van der Waals surface area contributed by atoms with E-state index in [0.29, 0.717) is 31.1 Å². The Morgan fingerprint density at radius 2 is 1.79 bits per heavy atom. The van der Waals surface area contributed by atoms with Crippen molar-refractivity contribution >= 4 is 5.91 Å². The van der Waals surface area contributed by atoms with E-state index in [0.717, 1.165) is 34.0 Å². The maximum Gasteiger partial charge on any atom is 0.250 e. The van der Waals surface area contributed by atoms with Gasteiger partial charge in [0.05, 0.1) is 12.7 Å². The highest BCUT2D eigenvalue weighted by molar-refractivity contribution is 5.95. The van der Waals surface area contributed by atoms with Gasteiger partial charge in [-0.3, -0.25) is 4.79 Å². The van der Waals surface area contributed by atoms with Crippen LogP contribution in [-0.2, 0) is 6.54 Å². The van der Waals surface area contributed by atoms with Crippen LogP contribution < -0.4 is 19.9 Å². The molecule has 0 radical (unpaired) electrons. The first-order valence-corrected chi connectivity index (χ1v) is 9.09. The predicted molar refractivity (Wildman–Crippen MR) is 106 cm³/mol. The van der Waals surface area contributed by atoms with Gasteiger partial charge < -0.3 is 24.5 Å². The second-order valence-corrected chi connectivity index (χ2v) is 6.69. The predicted octanol–water partition coefficient (Wildman–Crippen LogP) is 3.39. The minimum atomic E-state index is -0.440. The van der Waals surface area contributed by atoms with E-state index in [1.165, 1.54) is 0 Å². The molecule has 0 bridgehead atoms. The standard InChI is InChI=1S/C22H22N2O4/c1-14-18(22(23)25)12-19(16-5-8-20-21(11-16)28-10-9-27-20)24(14)13-15-3-6-17(26-2)7-4-15/h3-8,11-12H,9-10,13H2,1-2H3,(H2,23,25). The first kappa shape index (κ1) is 18.0. The van der Waals surface area contributed by atoms with Crippen LogP contribution in [0.2, 0.25) is 0 Å². The van der Waals surface area contributed by atoms with Gasteiger partial charge in [0.2, 0.25) is 0 Å². The zero-order valence-electron chi connectivity index (χ0n) is 15.9. The molecule has 3 aromatic rings. The van der Waals surface area contributed by atoms with Gasteiger partial charge in [-0.15, -0.1) is 0 Å². The van der Waals surface area contributed by atoms with E-state index in [-0.39, 0.29) is 0 Å². The van der Waals surface area contributed by atoms with Crippen molar-refractivity contribution in [1.29, 1.82) is 0 Å². The molecule has 0 spiro atoms. The number of carbonyl (C=O) groups is 1. The number of benzene rings is 2. The molecule has 2 N–H and O–H groups in total. The van der Waals surface area contributed by atoms with Gasteiger partial charge in [0, 0.05) is 23.5 Å². The van der Waals surface area contributed by atoms with E-state index in [4.69, 9.17) is 19.9 Å². The summed E-state index contributed by atoms with van der Waals surface area (Å²) in [5, 5.41) is 0. The number of primary amides is 1. The van der Waals surface area contributed by atoms with Gasteiger partial charge in [-0.25, -0.2) is 0 Å². The topological polar surface area (TPSA) is 75.7 Å². The van der Waals surface area contributed by atoms with Crippen molar-refractivity contribution in [2.45, 2.75) is 13.5 Å². The van der Waals surface area contributed by atoms with E-state index >= 15 is 0 Å². The van der Waals surface area contributed by atoms with Crippen LogP contribution in [0.15, 0.2) is 48.5 Å². The lowest BCUT2D eigenvalue weighted by atomic mass is 10.1. The fraction of sp³-hybridized carbons (Fsp3) is 0.227. The molecule has 0 unspecified atom stereocenters. The van der Waals surface area contributed by atoms with Crippen LogP contribution in [0.25, 0.3) is 11.3 Å². The van der Waals surface area contributed by atoms with E-state index in [1.54, 1.807) is 7.11 Å². The van der Waals surface area contributed by atoms with Crippen LogP contribution in [0.4, 0.5) is 0 Å². The molecule has 2 aromatic carbocycles. The molecule has 1 aliphatic heterocycles. The minimum absolute atomic E-state index is 0.440. The Kier molecular flexibility index (Phi) is 4.69. The van der Waals surface area contributed by atoms with Gasteiger partial charge in [-0.2, -0.15) is 0 Å². The van der Waals surface area contributed by atoms with Crippen molar-refractivity contribution in [2.75, 3.05) is 20.3 Å². The van der Waals surface area contributed by atoms with Crippen LogP contribution in [0, 0.1) is 6.92 Å². The summed E-state index contributed by atoms with van der Waals surface area (Å²) in [7, 11) is 1.64. The highest BCUT2D eigenvalue weighted by atomic mass is 16.6. The second kappa shape index (κ2) is 7.31. The molecule has 28 heavy (non-hydrogen) atoms. The Morgan fingerprint density at radius 3 is 2.46 bits per heavy atom. The molecule has 1 aromatic heterocycles. The second-order valence-electron chi connectivity index (χ2n) is 6.69. The molecule has 0 saturated carbocycles. The lowest BCUT2D eigenvalue weighted by Crippen LogP contribution is -2.15. The van der Waals surface area contributed by atoms with Crippen LogP contribution in [0.3, 0.4) is 0 Å². The lowest BCUT2D eigenvalue weighted by Gasteiger charge is -2.19. The first-order valence-electron chi connectivity index (χ1n) is 9.09. The van der Waals surface area contributed by atoms with Gasteiger partial charge in [0.25, 0.3) is 5.91 Å². The molecule has 0 aliphatic carbocycles. The third-order valence-electron chi connectivity index (χ3n) is 4.97. The third-order valence-corrected chi connectivity index (χ3v) is 4.97. The number of methoxy groups -OCH3 is 1. The van der Waals surface area contributed by atoms with Gasteiger partial charge in [0.1, 0.15) is 19.0 Å². The number of hydrogen-bond acceptors (Lipinski definition) is 4. The number of carbonyl (C=O) groups excluding carboxylic acids is 1. The number of aromatic nitrogens is 1. The van der Waals surface area contributed by atoms with Crippen LogP contribution in [0.5, 0.6) is 17.2 Å². The number of amides is 1. The zero-order chi connectivity index (χ0) is 19.7. The van der Waals surface area contributed by atoms with Crippen molar-refractivity contribution in [3.05, 3.63) is 65.4 Å². The zero-order valence-corrected chi connectivity index (χ0v) is 15.9. The molecule has 144 valence electrons. The summed E-state index contributed by atoms with van der Waals surface area (Å²) in [6, 6.07) is 15.5. The molecule has 6 heteroatoms. The van der Waals surface area contributed by atoms with Crippen LogP contribution in [-0.4, -0.2) is 30.8 Å². The summed E-state index contributed by atoms with van der Waals surface area (Å²) < 4.78 is 18.6. The van der Waals surface area contributed by atoms with Gasteiger partial charge in [0.15, 0.2) is 11.5 Å². The number of nitrogens with zero attached hydrogens (tertiary/aromatic N) is 1. The highest BCUT2D eigenvalue weighted by Gasteiger charge is 2.19. The molecule has 4 rings (SSSR count). The number of fused-ring (bicyclic) bond motifs is 1. The normalized spacial score (nSPS) is 12.6. The number of nitrogens with two attached hydrogens (primary N) is 1. The Labute approximate surface area is 163 Å². The molecular formula is C22H22N2O4. The molecule has 0 atom stereocenters. The van der Waals surface area contributed by atoms with Crippen molar-refractivity contribution < 1.29 is 19.0 Å². The average Bonchev–Trinajstić information content (AvgIpc) is 3.05. The van der Waals surface area contributed by atoms with E-state index in [1.807, 2.05) is 55.5 Å². The summed E-state index contributed by atoms with van der Waals surface area (Å²) in [6.07, 6.45) is 0. The first-order chi connectivity index (χ1) is 13.6. The largest absolute Gasteiger partial charge is 0.497 e. The van der Waals surface area contributed by atoms with Crippen molar-refractivity contribution in [2.24, 2.45) is 5.73 Å². The summed E-state index contributed by atoms with van der Waals surface area (Å²) in [5.41, 5.74) is 9.88. The highest BCUT2D eigenvalue weighted by Crippen LogP contribution is 2.36. The number of ether oxygens (including phenoxy) is 3. The smallest absolute Gasteiger partial charge is 0.250 e. The maximum atomic E-state index is 11.9. The fourth-order valence-corrected chi connectivity index (χ4v) is 3.45. The lowest BCUT2D eigenvalue weighted by molar-refractivity contribution is 0.0999. The fourth-order valence-electron chi connectivity index (χ4n) is 3.45. The number of rotatable bonds is 5. The van der Waals surface area contributed by atoms with Crippen LogP contribution in [0.1, 0.15) is 21.6 Å². The number of hydrogen-bond donors (Lipinski definition) is 1. The Balaban J connectivity index is 1.77. The van der Waals surface area contributed by atoms with Gasteiger partial charge in [-0.1, -0.05) is 12.1 Å². The Bertz CT molecular complexity index is 1020. The molecular weight excluding hydrogens is 356 g/mol. The molecule has 2 heterocycles. The summed E-state index contributed by atoms with van der Waals surface area (Å²) in [4.78, 5) is 11.9. The summed E-state index contributed by atoms with van der Waals surface area (Å²) >= 11 is 0. The van der Waals surface area contributed by atoms with Crippen molar-refractivity contribution in [1.82, 2.24) is 4.57 Å². The average molecular weight is 378 g/mol. The molecule has 0 fully saturated rings. The summed E-state index contributed by atoms with van der Waals surface area (Å²) in [5.74, 6) is 1.80. The van der Waals surface area contributed by atoms with E-state index in [2.05, 4.69) is 4.57 Å². The van der Waals surface area contributed by atoms with Crippen molar-refractivity contribution in [3.8, 4) is 28.5 Å². The SMILES string of the molecule is COc1ccc(Cn2c(-c3ccc4c(c3)OCCO4)cc(C(N)=O)c2C)cc1. The molecule has 1 amide bonds.